The molecule has 0 heterocycles. The molecule has 0 unspecified atom stereocenters. The summed E-state index contributed by atoms with van der Waals surface area (Å²) >= 11 is 3.74. The van der Waals surface area contributed by atoms with Crippen molar-refractivity contribution in [3.63, 3.8) is 0 Å². The van der Waals surface area contributed by atoms with Crippen LogP contribution in [0.2, 0.25) is 0 Å². The Morgan fingerprint density at radius 2 is 2.11 bits per heavy atom. The lowest BCUT2D eigenvalue weighted by molar-refractivity contribution is -0.120. The SMILES string of the molecule is CC(C)[C@H](NS)C(N)=O. The van der Waals surface area contributed by atoms with Crippen molar-refractivity contribution < 1.29 is 4.79 Å². The third kappa shape index (κ3) is 2.72. The fourth-order valence-electron chi connectivity index (χ4n) is 0.541. The van der Waals surface area contributed by atoms with Gasteiger partial charge in [0.05, 0.1) is 6.04 Å². The Morgan fingerprint density at radius 3 is 2.11 bits per heavy atom. The van der Waals surface area contributed by atoms with Crippen molar-refractivity contribution in [3.05, 3.63) is 0 Å². The van der Waals surface area contributed by atoms with Gasteiger partial charge in [-0.15, -0.1) is 0 Å². The standard InChI is InChI=1S/C5H12N2OS/c1-3(2)4(7-9)5(6)8/h3-4,7,9H,1-2H3,(H2,6,8)/t4-/m0/s1. The van der Waals surface area contributed by atoms with E-state index in [0.717, 1.165) is 0 Å². The molecule has 3 N–H and O–H groups in total. The molecule has 0 aliphatic heterocycles. The van der Waals surface area contributed by atoms with Crippen molar-refractivity contribution in [1.29, 1.82) is 0 Å². The van der Waals surface area contributed by atoms with Crippen molar-refractivity contribution >= 4 is 18.7 Å². The second kappa shape index (κ2) is 3.74. The van der Waals surface area contributed by atoms with E-state index in [1.165, 1.54) is 0 Å². The summed E-state index contributed by atoms with van der Waals surface area (Å²) in [5, 5.41) is 0. The molecule has 0 aliphatic carbocycles. The molecule has 0 rings (SSSR count). The third-order valence-electron chi connectivity index (χ3n) is 1.11. The molecule has 54 valence electrons. The molecule has 0 aromatic carbocycles. The minimum atomic E-state index is -0.361. The molecule has 0 fully saturated rings. The number of nitrogens with one attached hydrogen (secondary N) is 1. The molecule has 0 radical (unpaired) electrons. The van der Waals surface area contributed by atoms with E-state index >= 15 is 0 Å². The summed E-state index contributed by atoms with van der Waals surface area (Å²) in [6.45, 7) is 3.80. The molecule has 1 atom stereocenters. The fourth-order valence-corrected chi connectivity index (χ4v) is 0.967. The number of rotatable bonds is 3. The molecular weight excluding hydrogens is 136 g/mol. The Bertz CT molecular complexity index is 105. The normalized spacial score (nSPS) is 13.8. The van der Waals surface area contributed by atoms with E-state index in [4.69, 9.17) is 5.73 Å². The van der Waals surface area contributed by atoms with E-state index in [1.807, 2.05) is 13.8 Å². The van der Waals surface area contributed by atoms with Crippen molar-refractivity contribution in [2.75, 3.05) is 0 Å². The lowest BCUT2D eigenvalue weighted by Gasteiger charge is -2.14. The summed E-state index contributed by atoms with van der Waals surface area (Å²) < 4.78 is 2.52. The van der Waals surface area contributed by atoms with Crippen molar-refractivity contribution in [3.8, 4) is 0 Å². The predicted octanol–water partition coefficient (Wildman–Crippen LogP) is -0.0693. The topological polar surface area (TPSA) is 55.1 Å². The first-order valence-electron chi connectivity index (χ1n) is 2.78. The first-order chi connectivity index (χ1) is 4.09. The average molecular weight is 148 g/mol. The van der Waals surface area contributed by atoms with Gasteiger partial charge in [0.15, 0.2) is 0 Å². The summed E-state index contributed by atoms with van der Waals surface area (Å²) in [7, 11) is 0. The van der Waals surface area contributed by atoms with Crippen LogP contribution in [0.5, 0.6) is 0 Å². The van der Waals surface area contributed by atoms with Gasteiger partial charge in [0.1, 0.15) is 0 Å². The fraction of sp³-hybridized carbons (Fsp3) is 0.800. The Labute approximate surface area is 60.5 Å². The van der Waals surface area contributed by atoms with Gasteiger partial charge in [-0.05, 0) is 5.92 Å². The lowest BCUT2D eigenvalue weighted by atomic mass is 10.1. The summed E-state index contributed by atoms with van der Waals surface area (Å²) in [5.74, 6) is -0.167. The highest BCUT2D eigenvalue weighted by atomic mass is 32.1. The quantitative estimate of drug-likeness (QED) is 0.491. The first-order valence-corrected chi connectivity index (χ1v) is 3.23. The Kier molecular flexibility index (Phi) is 3.65. The minimum Gasteiger partial charge on any atom is -0.368 e. The van der Waals surface area contributed by atoms with E-state index < -0.39 is 0 Å². The van der Waals surface area contributed by atoms with E-state index in [-0.39, 0.29) is 17.9 Å². The van der Waals surface area contributed by atoms with Gasteiger partial charge in [0, 0.05) is 0 Å². The van der Waals surface area contributed by atoms with Crippen LogP contribution in [0.25, 0.3) is 0 Å². The number of hydrogen-bond donors (Lipinski definition) is 3. The second-order valence-corrected chi connectivity index (χ2v) is 2.51. The number of nitrogens with two attached hydrogens (primary N) is 1. The van der Waals surface area contributed by atoms with Crippen LogP contribution in [0.3, 0.4) is 0 Å². The minimum absolute atomic E-state index is 0.194. The molecule has 3 nitrogen and oxygen atoms in total. The zero-order valence-corrected chi connectivity index (χ0v) is 6.48. The highest BCUT2D eigenvalue weighted by Crippen LogP contribution is 2.00. The predicted molar refractivity (Wildman–Crippen MR) is 39.9 cm³/mol. The van der Waals surface area contributed by atoms with Gasteiger partial charge in [-0.3, -0.25) is 9.52 Å². The van der Waals surface area contributed by atoms with Crippen LogP contribution in [0.1, 0.15) is 13.8 Å². The van der Waals surface area contributed by atoms with Crippen LogP contribution in [-0.2, 0) is 4.79 Å². The molecule has 0 spiro atoms. The maximum Gasteiger partial charge on any atom is 0.235 e. The monoisotopic (exact) mass is 148 g/mol. The van der Waals surface area contributed by atoms with E-state index in [0.29, 0.717) is 0 Å². The molecule has 0 saturated heterocycles. The molecule has 0 aromatic heterocycles. The van der Waals surface area contributed by atoms with Gasteiger partial charge in [0.25, 0.3) is 0 Å². The number of carbonyl (C=O) groups is 1. The second-order valence-electron chi connectivity index (χ2n) is 2.25. The highest BCUT2D eigenvalue weighted by Gasteiger charge is 2.16. The highest BCUT2D eigenvalue weighted by molar-refractivity contribution is 7.78. The summed E-state index contributed by atoms with van der Waals surface area (Å²) in [5.41, 5.74) is 5.00. The molecule has 4 heteroatoms. The number of hydrogen-bond acceptors (Lipinski definition) is 3. The maximum atomic E-state index is 10.5. The van der Waals surface area contributed by atoms with Crippen LogP contribution in [0.15, 0.2) is 0 Å². The summed E-state index contributed by atoms with van der Waals surface area (Å²) in [6.07, 6.45) is 0. The molecule has 0 saturated carbocycles. The lowest BCUT2D eigenvalue weighted by Crippen LogP contribution is -2.40. The van der Waals surface area contributed by atoms with Gasteiger partial charge in [-0.2, -0.15) is 0 Å². The van der Waals surface area contributed by atoms with Crippen molar-refractivity contribution in [2.24, 2.45) is 11.7 Å². The van der Waals surface area contributed by atoms with Crippen molar-refractivity contribution in [2.45, 2.75) is 19.9 Å². The van der Waals surface area contributed by atoms with E-state index in [2.05, 4.69) is 17.5 Å². The molecule has 1 amide bonds. The molecule has 0 bridgehead atoms. The zero-order valence-electron chi connectivity index (χ0n) is 5.59. The van der Waals surface area contributed by atoms with Gasteiger partial charge in [0.2, 0.25) is 5.91 Å². The van der Waals surface area contributed by atoms with Crippen LogP contribution >= 0.6 is 12.8 Å². The smallest absolute Gasteiger partial charge is 0.235 e. The first kappa shape index (κ1) is 8.78. The van der Waals surface area contributed by atoms with Crippen LogP contribution in [0, 0.1) is 5.92 Å². The van der Waals surface area contributed by atoms with Crippen LogP contribution < -0.4 is 10.5 Å². The molecule has 9 heavy (non-hydrogen) atoms. The van der Waals surface area contributed by atoms with Crippen LogP contribution in [-0.4, -0.2) is 11.9 Å². The summed E-state index contributed by atoms with van der Waals surface area (Å²) in [4.78, 5) is 10.5. The van der Waals surface area contributed by atoms with Crippen LogP contribution in [0.4, 0.5) is 0 Å². The Morgan fingerprint density at radius 1 is 1.67 bits per heavy atom. The molecular formula is C5H12N2OS. The van der Waals surface area contributed by atoms with Gasteiger partial charge in [-0.1, -0.05) is 26.7 Å². The molecule has 0 aromatic rings. The number of amides is 1. The summed E-state index contributed by atoms with van der Waals surface area (Å²) in [6, 6.07) is -0.326. The zero-order chi connectivity index (χ0) is 7.44. The van der Waals surface area contributed by atoms with E-state index in [1.54, 1.807) is 0 Å². The Hall–Kier alpha value is -0.220. The number of carbonyl (C=O) groups excluding carboxylic acids is 1. The number of thiol groups is 1. The van der Waals surface area contributed by atoms with Gasteiger partial charge >= 0.3 is 0 Å². The molecule has 0 aliphatic rings. The van der Waals surface area contributed by atoms with Gasteiger partial charge < -0.3 is 5.73 Å². The van der Waals surface area contributed by atoms with Gasteiger partial charge in [-0.25, -0.2) is 0 Å². The maximum absolute atomic E-state index is 10.5. The average Bonchev–Trinajstić information content (AvgIpc) is 1.64. The largest absolute Gasteiger partial charge is 0.368 e. The van der Waals surface area contributed by atoms with Crippen molar-refractivity contribution in [1.82, 2.24) is 4.72 Å². The third-order valence-corrected chi connectivity index (χ3v) is 1.39. The van der Waals surface area contributed by atoms with E-state index in [9.17, 15) is 4.79 Å². The number of primary amides is 1. The Balaban J connectivity index is 3.83.